The zero-order valence-corrected chi connectivity index (χ0v) is 4.92. The van der Waals surface area contributed by atoms with Gasteiger partial charge in [0.1, 0.15) is 0 Å². The molecule has 0 atom stereocenters. The maximum atomic E-state index is 6.81. The third-order valence-corrected chi connectivity index (χ3v) is 0. The Morgan fingerprint density at radius 3 is 1.40 bits per heavy atom. The number of halogens is 2. The van der Waals surface area contributed by atoms with Gasteiger partial charge in [-0.1, -0.05) is 0 Å². The van der Waals surface area contributed by atoms with Crippen LogP contribution in [-0.4, -0.2) is 20.6 Å². The molecule has 0 rings (SSSR count). The van der Waals surface area contributed by atoms with Crippen LogP contribution < -0.4 is 0 Å². The Bertz CT molecular complexity index is 9.61. The van der Waals surface area contributed by atoms with Crippen molar-refractivity contribution >= 4 is 33.7 Å². The van der Waals surface area contributed by atoms with Gasteiger partial charge in [0.15, 0.2) is 0 Å². The lowest BCUT2D eigenvalue weighted by Crippen LogP contribution is -1.34. The van der Waals surface area contributed by atoms with E-state index in [1.54, 1.807) is 0 Å². The van der Waals surface area contributed by atoms with Gasteiger partial charge in [-0.05, 0) is 0 Å². The normalized spacial score (nSPS) is 4.80. The van der Waals surface area contributed by atoms with E-state index in [0.717, 1.165) is 0 Å². The smallest absolute Gasteiger partial charge is 0.240 e. The van der Waals surface area contributed by atoms with Crippen LogP contribution in [0.3, 0.4) is 0 Å². The second kappa shape index (κ2) is 21.8. The predicted octanol–water partition coefficient (Wildman–Crippen LogP) is 0.484. The first kappa shape index (κ1) is 9.23. The molecule has 0 aromatic rings. The molecular formula is CH3Cl2OSi. The molecule has 0 bridgehead atoms. The molecule has 0 unspecified atom stereocenters. The minimum absolute atomic E-state index is 0.194. The first-order chi connectivity index (χ1) is 2.41. The van der Waals surface area contributed by atoms with Gasteiger partial charge >= 0.3 is 0 Å². The summed E-state index contributed by atoms with van der Waals surface area (Å²) in [6.45, 7) is 0. The van der Waals surface area contributed by atoms with Crippen molar-refractivity contribution in [2.75, 3.05) is 5.34 Å². The molecule has 4 heteroatoms. The Labute approximate surface area is 44.4 Å². The van der Waals surface area contributed by atoms with Gasteiger partial charge in [0.05, 0.1) is 5.34 Å². The average Bonchev–Trinajstić information content (AvgIpc) is 1.46. The van der Waals surface area contributed by atoms with Gasteiger partial charge in [-0.3, -0.25) is 0 Å². The van der Waals surface area contributed by atoms with Crippen LogP contribution in [0.1, 0.15) is 0 Å². The molecule has 5 heavy (non-hydrogen) atoms. The van der Waals surface area contributed by atoms with Crippen LogP contribution in [0.4, 0.5) is 0 Å². The Hall–Kier alpha value is 0.757. The topological polar surface area (TPSA) is 20.2 Å². The lowest BCUT2D eigenvalue weighted by atomic mass is 11.9. The molecule has 0 aromatic heterocycles. The summed E-state index contributed by atoms with van der Waals surface area (Å²) in [6, 6.07) is 0. The average molecular weight is 130 g/mol. The summed E-state index contributed by atoms with van der Waals surface area (Å²) in [5.74, 6) is 0. The van der Waals surface area contributed by atoms with Crippen molar-refractivity contribution in [2.24, 2.45) is 0 Å². The lowest BCUT2D eigenvalue weighted by molar-refractivity contribution is 0.629. The molecule has 0 heterocycles. The fourth-order valence-corrected chi connectivity index (χ4v) is 0. The van der Waals surface area contributed by atoms with Crippen molar-refractivity contribution < 1.29 is 4.80 Å². The number of alkyl halides is 2. The molecule has 0 saturated carbocycles. The van der Waals surface area contributed by atoms with E-state index in [2.05, 4.69) is 0 Å². The van der Waals surface area contributed by atoms with Crippen molar-refractivity contribution in [3.8, 4) is 0 Å². The maximum Gasteiger partial charge on any atom is 0.240 e. The van der Waals surface area contributed by atoms with Crippen molar-refractivity contribution in [3.63, 3.8) is 0 Å². The zero-order valence-electron chi connectivity index (χ0n) is 2.41. The first-order valence-electron chi connectivity index (χ1n) is 0.758. The molecule has 0 aliphatic rings. The molecule has 1 N–H and O–H groups in total. The Morgan fingerprint density at radius 1 is 1.40 bits per heavy atom. The van der Waals surface area contributed by atoms with Crippen LogP contribution >= 0.6 is 23.2 Å². The van der Waals surface area contributed by atoms with E-state index in [1.807, 2.05) is 10.5 Å². The summed E-state index contributed by atoms with van der Waals surface area (Å²) in [4.78, 5) is 6.81. The largest absolute Gasteiger partial charge is 0.433 e. The summed E-state index contributed by atoms with van der Waals surface area (Å²) in [5, 5.41) is 0.194. The molecule has 0 spiro atoms. The highest BCUT2D eigenvalue weighted by molar-refractivity contribution is 6.40. The summed E-state index contributed by atoms with van der Waals surface area (Å²) in [5.41, 5.74) is 0. The third kappa shape index (κ3) is 63.1. The van der Waals surface area contributed by atoms with Gasteiger partial charge < -0.3 is 4.80 Å². The van der Waals surface area contributed by atoms with E-state index in [-0.39, 0.29) is 5.34 Å². The van der Waals surface area contributed by atoms with E-state index >= 15 is 0 Å². The highest BCUT2D eigenvalue weighted by Gasteiger charge is 1.41. The first-order valence-corrected chi connectivity index (χ1v) is 2.27. The standard InChI is InChI=1S/CH2Cl2.HOSi/c2-1-3;1-2/h1H2;1H. The second-order valence-corrected chi connectivity index (χ2v) is 0.909. The lowest BCUT2D eigenvalue weighted by Gasteiger charge is -1.42. The molecular weight excluding hydrogens is 127 g/mol. The molecule has 0 aromatic carbocycles. The van der Waals surface area contributed by atoms with Gasteiger partial charge in [-0.25, -0.2) is 0 Å². The number of hydrogen-bond acceptors (Lipinski definition) is 1. The van der Waals surface area contributed by atoms with Crippen molar-refractivity contribution in [2.45, 2.75) is 0 Å². The van der Waals surface area contributed by atoms with Gasteiger partial charge in [-0.15, -0.1) is 23.2 Å². The minimum Gasteiger partial charge on any atom is -0.433 e. The number of hydrogen-bond donors (Lipinski definition) is 1. The highest BCUT2D eigenvalue weighted by atomic mass is 35.5. The third-order valence-electron chi connectivity index (χ3n) is 0. The monoisotopic (exact) mass is 129 g/mol. The fraction of sp³-hybridized carbons (Fsp3) is 1.00. The molecule has 0 aliphatic heterocycles. The predicted molar refractivity (Wildman–Crippen MR) is 24.5 cm³/mol. The Balaban J connectivity index is 0. The van der Waals surface area contributed by atoms with Gasteiger partial charge in [0.2, 0.25) is 10.5 Å². The quantitative estimate of drug-likeness (QED) is 0.373. The summed E-state index contributed by atoms with van der Waals surface area (Å²) >= 11 is 9.53. The Morgan fingerprint density at radius 2 is 1.40 bits per heavy atom. The molecule has 31 valence electrons. The highest BCUT2D eigenvalue weighted by Crippen LogP contribution is 1.73. The molecule has 1 nitrogen and oxygen atoms in total. The van der Waals surface area contributed by atoms with Crippen molar-refractivity contribution in [3.05, 3.63) is 0 Å². The number of rotatable bonds is 0. The fourth-order valence-electron chi connectivity index (χ4n) is 0. The maximum absolute atomic E-state index is 6.81. The van der Waals surface area contributed by atoms with Crippen molar-refractivity contribution in [1.29, 1.82) is 0 Å². The summed E-state index contributed by atoms with van der Waals surface area (Å²) in [7, 11) is 1.97. The van der Waals surface area contributed by atoms with E-state index in [0.29, 0.717) is 0 Å². The van der Waals surface area contributed by atoms with Crippen LogP contribution in [0.2, 0.25) is 0 Å². The van der Waals surface area contributed by atoms with Crippen LogP contribution in [0.15, 0.2) is 0 Å². The summed E-state index contributed by atoms with van der Waals surface area (Å²) < 4.78 is 0. The Kier molecular flexibility index (Phi) is 40.2. The van der Waals surface area contributed by atoms with Crippen LogP contribution in [0.25, 0.3) is 0 Å². The second-order valence-electron chi connectivity index (χ2n) is 0.101. The van der Waals surface area contributed by atoms with Crippen LogP contribution in [-0.2, 0) is 0 Å². The van der Waals surface area contributed by atoms with E-state index in [1.165, 1.54) is 0 Å². The van der Waals surface area contributed by atoms with E-state index in [4.69, 9.17) is 28.0 Å². The van der Waals surface area contributed by atoms with Crippen molar-refractivity contribution in [1.82, 2.24) is 0 Å². The summed E-state index contributed by atoms with van der Waals surface area (Å²) in [6.07, 6.45) is 0. The molecule has 0 fully saturated rings. The molecule has 0 amide bonds. The van der Waals surface area contributed by atoms with Gasteiger partial charge in [-0.2, -0.15) is 0 Å². The molecule has 0 aliphatic carbocycles. The van der Waals surface area contributed by atoms with Crippen LogP contribution in [0, 0.1) is 0 Å². The minimum atomic E-state index is 0.194. The van der Waals surface area contributed by atoms with Gasteiger partial charge in [0.25, 0.3) is 0 Å². The van der Waals surface area contributed by atoms with E-state index in [9.17, 15) is 0 Å². The molecule has 3 radical (unpaired) electrons. The zero-order chi connectivity index (χ0) is 4.71. The van der Waals surface area contributed by atoms with E-state index < -0.39 is 0 Å². The van der Waals surface area contributed by atoms with Gasteiger partial charge in [0, 0.05) is 0 Å². The SMILES string of the molecule is ClCCl.O[Si]. The molecule has 0 saturated heterocycles. The van der Waals surface area contributed by atoms with Crippen LogP contribution in [0.5, 0.6) is 0 Å².